The predicted molar refractivity (Wildman–Crippen MR) is 71.8 cm³/mol. The molecule has 2 aromatic carbocycles. The fourth-order valence-corrected chi connectivity index (χ4v) is 2.11. The molecule has 0 saturated heterocycles. The Balaban J connectivity index is 2.14. The lowest BCUT2D eigenvalue weighted by molar-refractivity contribution is -0.384. The van der Waals surface area contributed by atoms with Crippen LogP contribution >= 0.6 is 11.6 Å². The summed E-state index contributed by atoms with van der Waals surface area (Å²) < 4.78 is 0. The number of halogens is 1. The van der Waals surface area contributed by atoms with E-state index in [0.717, 1.165) is 11.1 Å². The number of alkyl halides is 1. The van der Waals surface area contributed by atoms with Gasteiger partial charge in [-0.25, -0.2) is 0 Å². The molecular weight excluding hydrogens is 250 g/mol. The smallest absolute Gasteiger partial charge is 0.258 e. The number of nitro groups is 1. The molecule has 18 heavy (non-hydrogen) atoms. The second kappa shape index (κ2) is 5.65. The van der Waals surface area contributed by atoms with Gasteiger partial charge < -0.3 is 0 Å². The van der Waals surface area contributed by atoms with Crippen LogP contribution in [-0.4, -0.2) is 4.92 Å². The van der Waals surface area contributed by atoms with Crippen LogP contribution in [0.4, 0.5) is 5.69 Å². The van der Waals surface area contributed by atoms with Crippen LogP contribution in [0.5, 0.6) is 0 Å². The number of benzene rings is 2. The molecule has 0 fully saturated rings. The molecule has 0 aliphatic carbocycles. The molecule has 0 aliphatic rings. The lowest BCUT2D eigenvalue weighted by Crippen LogP contribution is -1.97. The van der Waals surface area contributed by atoms with Gasteiger partial charge >= 0.3 is 0 Å². The Hall–Kier alpha value is -1.87. The van der Waals surface area contributed by atoms with Crippen molar-refractivity contribution in [1.29, 1.82) is 0 Å². The largest absolute Gasteiger partial charge is 0.269 e. The maximum atomic E-state index is 10.7. The first-order chi connectivity index (χ1) is 8.66. The number of hydrogen-bond acceptors (Lipinski definition) is 2. The van der Waals surface area contributed by atoms with Gasteiger partial charge in [-0.2, -0.15) is 0 Å². The minimum atomic E-state index is -0.394. The Morgan fingerprint density at radius 2 is 1.83 bits per heavy atom. The SMILES string of the molecule is O=[N+]([O-])c1cccc(CC(Cl)c2ccccc2)c1. The molecule has 3 nitrogen and oxygen atoms in total. The van der Waals surface area contributed by atoms with Gasteiger partial charge in [0, 0.05) is 12.1 Å². The van der Waals surface area contributed by atoms with Crippen molar-refractivity contribution < 1.29 is 4.92 Å². The molecule has 0 amide bonds. The second-order valence-corrected chi connectivity index (χ2v) is 4.54. The monoisotopic (exact) mass is 261 g/mol. The molecule has 1 atom stereocenters. The third-order valence-electron chi connectivity index (χ3n) is 2.70. The summed E-state index contributed by atoms with van der Waals surface area (Å²) in [7, 11) is 0. The first kappa shape index (κ1) is 12.6. The Labute approximate surface area is 110 Å². The molecule has 0 radical (unpaired) electrons. The van der Waals surface area contributed by atoms with Gasteiger partial charge in [0.05, 0.1) is 10.3 Å². The van der Waals surface area contributed by atoms with Crippen molar-refractivity contribution in [3.8, 4) is 0 Å². The lowest BCUT2D eigenvalue weighted by Gasteiger charge is -2.09. The highest BCUT2D eigenvalue weighted by atomic mass is 35.5. The molecule has 0 spiro atoms. The van der Waals surface area contributed by atoms with Crippen LogP contribution in [0.1, 0.15) is 16.5 Å². The summed E-state index contributed by atoms with van der Waals surface area (Å²) in [6, 6.07) is 16.3. The van der Waals surface area contributed by atoms with E-state index in [1.165, 1.54) is 6.07 Å². The van der Waals surface area contributed by atoms with E-state index in [4.69, 9.17) is 11.6 Å². The van der Waals surface area contributed by atoms with E-state index in [1.807, 2.05) is 36.4 Å². The third-order valence-corrected chi connectivity index (χ3v) is 3.10. The van der Waals surface area contributed by atoms with E-state index in [0.29, 0.717) is 6.42 Å². The van der Waals surface area contributed by atoms with Crippen molar-refractivity contribution in [3.05, 3.63) is 75.8 Å². The topological polar surface area (TPSA) is 43.1 Å². The fraction of sp³-hybridized carbons (Fsp3) is 0.143. The summed E-state index contributed by atoms with van der Waals surface area (Å²) in [5.41, 5.74) is 1.99. The van der Waals surface area contributed by atoms with Crippen molar-refractivity contribution in [2.75, 3.05) is 0 Å². The molecule has 92 valence electrons. The highest BCUT2D eigenvalue weighted by Gasteiger charge is 2.11. The van der Waals surface area contributed by atoms with Gasteiger partial charge in [-0.1, -0.05) is 42.5 Å². The van der Waals surface area contributed by atoms with Gasteiger partial charge in [0.15, 0.2) is 0 Å². The van der Waals surface area contributed by atoms with Crippen molar-refractivity contribution in [2.45, 2.75) is 11.8 Å². The molecule has 1 unspecified atom stereocenters. The van der Waals surface area contributed by atoms with Gasteiger partial charge in [-0.3, -0.25) is 10.1 Å². The van der Waals surface area contributed by atoms with E-state index in [1.54, 1.807) is 12.1 Å². The normalized spacial score (nSPS) is 12.1. The molecule has 2 rings (SSSR count). The Morgan fingerprint density at radius 3 is 2.50 bits per heavy atom. The second-order valence-electron chi connectivity index (χ2n) is 4.01. The van der Waals surface area contributed by atoms with E-state index in [2.05, 4.69) is 0 Å². The quantitative estimate of drug-likeness (QED) is 0.472. The van der Waals surface area contributed by atoms with Gasteiger partial charge in [0.25, 0.3) is 5.69 Å². The van der Waals surface area contributed by atoms with Gasteiger partial charge in [-0.05, 0) is 17.5 Å². The minimum absolute atomic E-state index is 0.101. The lowest BCUT2D eigenvalue weighted by atomic mass is 10.0. The Morgan fingerprint density at radius 1 is 1.11 bits per heavy atom. The average molecular weight is 262 g/mol. The van der Waals surface area contributed by atoms with E-state index in [9.17, 15) is 10.1 Å². The number of nitrogens with zero attached hydrogens (tertiary/aromatic N) is 1. The van der Waals surface area contributed by atoms with Crippen molar-refractivity contribution in [1.82, 2.24) is 0 Å². The van der Waals surface area contributed by atoms with Crippen LogP contribution in [0.15, 0.2) is 54.6 Å². The first-order valence-electron chi connectivity index (χ1n) is 5.59. The molecule has 0 heterocycles. The molecule has 0 aliphatic heterocycles. The van der Waals surface area contributed by atoms with Crippen molar-refractivity contribution >= 4 is 17.3 Å². The maximum absolute atomic E-state index is 10.7. The van der Waals surface area contributed by atoms with Crippen LogP contribution in [-0.2, 0) is 6.42 Å². The van der Waals surface area contributed by atoms with Crippen molar-refractivity contribution in [3.63, 3.8) is 0 Å². The summed E-state index contributed by atoms with van der Waals surface area (Å²) >= 11 is 6.30. The van der Waals surface area contributed by atoms with Crippen LogP contribution in [0.2, 0.25) is 0 Å². The molecule has 0 bridgehead atoms. The summed E-state index contributed by atoms with van der Waals surface area (Å²) in [6.45, 7) is 0. The van der Waals surface area contributed by atoms with Crippen LogP contribution in [0.3, 0.4) is 0 Å². The minimum Gasteiger partial charge on any atom is -0.258 e. The molecule has 2 aromatic rings. The fourth-order valence-electron chi connectivity index (χ4n) is 1.78. The molecule has 0 saturated carbocycles. The molecule has 0 N–H and O–H groups in total. The molecular formula is C14H12ClNO2. The number of hydrogen-bond donors (Lipinski definition) is 0. The Kier molecular flexibility index (Phi) is 3.95. The number of non-ortho nitro benzene ring substituents is 1. The van der Waals surface area contributed by atoms with Crippen LogP contribution in [0.25, 0.3) is 0 Å². The highest BCUT2D eigenvalue weighted by Crippen LogP contribution is 2.26. The average Bonchev–Trinajstić information content (AvgIpc) is 2.40. The standard InChI is InChI=1S/C14H12ClNO2/c15-14(12-6-2-1-3-7-12)10-11-5-4-8-13(9-11)16(17)18/h1-9,14H,10H2. The van der Waals surface area contributed by atoms with Gasteiger partial charge in [0.1, 0.15) is 0 Å². The van der Waals surface area contributed by atoms with E-state index in [-0.39, 0.29) is 11.1 Å². The van der Waals surface area contributed by atoms with E-state index >= 15 is 0 Å². The zero-order chi connectivity index (χ0) is 13.0. The van der Waals surface area contributed by atoms with E-state index < -0.39 is 4.92 Å². The Bertz CT molecular complexity index is 543. The maximum Gasteiger partial charge on any atom is 0.269 e. The van der Waals surface area contributed by atoms with Crippen molar-refractivity contribution in [2.24, 2.45) is 0 Å². The molecule has 0 aromatic heterocycles. The summed E-state index contributed by atoms with van der Waals surface area (Å²) in [6.07, 6.45) is 0.577. The first-order valence-corrected chi connectivity index (χ1v) is 6.03. The number of nitro benzene ring substituents is 1. The summed E-state index contributed by atoms with van der Waals surface area (Å²) in [4.78, 5) is 10.3. The zero-order valence-corrected chi connectivity index (χ0v) is 10.4. The zero-order valence-electron chi connectivity index (χ0n) is 9.62. The number of rotatable bonds is 4. The summed E-state index contributed by atoms with van der Waals surface area (Å²) in [5, 5.41) is 10.5. The van der Waals surface area contributed by atoms with Crippen LogP contribution < -0.4 is 0 Å². The van der Waals surface area contributed by atoms with Crippen LogP contribution in [0, 0.1) is 10.1 Å². The molecule has 4 heteroatoms. The van der Waals surface area contributed by atoms with Gasteiger partial charge in [-0.15, -0.1) is 11.6 Å². The predicted octanol–water partition coefficient (Wildman–Crippen LogP) is 4.12. The highest BCUT2D eigenvalue weighted by molar-refractivity contribution is 6.20. The van der Waals surface area contributed by atoms with Gasteiger partial charge in [0.2, 0.25) is 0 Å². The summed E-state index contributed by atoms with van der Waals surface area (Å²) in [5.74, 6) is 0. The third kappa shape index (κ3) is 3.08.